The number of aliphatic hydroxyl groups is 1. The van der Waals surface area contributed by atoms with Crippen LogP contribution in [0.4, 0.5) is 5.69 Å². The zero-order valence-electron chi connectivity index (χ0n) is 21.7. The molecule has 5 N–H and O–H groups in total. The van der Waals surface area contributed by atoms with Gasteiger partial charge in [-0.05, 0) is 37.2 Å². The number of benzene rings is 2. The van der Waals surface area contributed by atoms with Crippen LogP contribution in [0.2, 0.25) is 0 Å². The van der Waals surface area contributed by atoms with Crippen LogP contribution in [0.3, 0.4) is 0 Å². The number of anilines is 1. The van der Waals surface area contributed by atoms with Crippen LogP contribution in [0.25, 0.3) is 10.9 Å². The third-order valence-corrected chi connectivity index (χ3v) is 6.87. The van der Waals surface area contributed by atoms with Crippen molar-refractivity contribution in [1.82, 2.24) is 15.2 Å². The SMILES string of the molecule is COc1cc(NC(=O)CCN(C)C2CC#CCC2)ccc1CNC[C@H](O)c1ccc(O)c2[nH]c(=O)ccc12. The number of aliphatic hydroxyl groups excluding tert-OH is 1. The minimum Gasteiger partial charge on any atom is -0.506 e. The number of aromatic nitrogens is 1. The number of carbonyl (C=O) groups is 1. The van der Waals surface area contributed by atoms with Crippen molar-refractivity contribution in [3.63, 3.8) is 0 Å². The lowest BCUT2D eigenvalue weighted by Gasteiger charge is -2.27. The predicted octanol–water partition coefficient (Wildman–Crippen LogP) is 2.88. The summed E-state index contributed by atoms with van der Waals surface area (Å²) >= 11 is 0. The van der Waals surface area contributed by atoms with Gasteiger partial charge < -0.3 is 35.5 Å². The quantitative estimate of drug-likeness (QED) is 0.247. The summed E-state index contributed by atoms with van der Waals surface area (Å²) in [4.78, 5) is 29.0. The molecule has 0 radical (unpaired) electrons. The number of phenols is 1. The molecule has 1 aliphatic rings. The van der Waals surface area contributed by atoms with Crippen molar-refractivity contribution in [3.8, 4) is 23.3 Å². The lowest BCUT2D eigenvalue weighted by molar-refractivity contribution is -0.116. The Labute approximate surface area is 221 Å². The highest BCUT2D eigenvalue weighted by Crippen LogP contribution is 2.29. The first-order valence-corrected chi connectivity index (χ1v) is 12.7. The van der Waals surface area contributed by atoms with Crippen molar-refractivity contribution in [2.24, 2.45) is 0 Å². The summed E-state index contributed by atoms with van der Waals surface area (Å²) in [6.07, 6.45) is 2.34. The molecule has 0 aliphatic heterocycles. The van der Waals surface area contributed by atoms with Crippen LogP contribution in [0.1, 0.15) is 42.9 Å². The summed E-state index contributed by atoms with van der Waals surface area (Å²) in [5.41, 5.74) is 2.09. The maximum absolute atomic E-state index is 12.5. The molecule has 0 fully saturated rings. The number of ether oxygens (including phenoxy) is 1. The van der Waals surface area contributed by atoms with Crippen LogP contribution in [0.15, 0.2) is 47.3 Å². The predicted molar refractivity (Wildman–Crippen MR) is 147 cm³/mol. The average molecular weight is 519 g/mol. The molecule has 1 aromatic heterocycles. The molecule has 0 saturated carbocycles. The Morgan fingerprint density at radius 2 is 2.08 bits per heavy atom. The zero-order chi connectivity index (χ0) is 27.1. The molecule has 0 bridgehead atoms. The van der Waals surface area contributed by atoms with Gasteiger partial charge in [-0.25, -0.2) is 0 Å². The Balaban J connectivity index is 1.31. The summed E-state index contributed by atoms with van der Waals surface area (Å²) in [7, 11) is 3.61. The highest BCUT2D eigenvalue weighted by Gasteiger charge is 2.17. The number of methoxy groups -OCH3 is 1. The van der Waals surface area contributed by atoms with Crippen molar-refractivity contribution >= 4 is 22.5 Å². The number of carbonyl (C=O) groups excluding carboxylic acids is 1. The van der Waals surface area contributed by atoms with Crippen molar-refractivity contribution in [3.05, 3.63) is 63.9 Å². The molecule has 9 heteroatoms. The van der Waals surface area contributed by atoms with E-state index in [1.54, 1.807) is 25.3 Å². The van der Waals surface area contributed by atoms with E-state index in [4.69, 9.17) is 4.74 Å². The first-order chi connectivity index (χ1) is 18.4. The fourth-order valence-corrected chi connectivity index (χ4v) is 4.65. The van der Waals surface area contributed by atoms with E-state index >= 15 is 0 Å². The van der Waals surface area contributed by atoms with E-state index in [1.165, 1.54) is 12.1 Å². The summed E-state index contributed by atoms with van der Waals surface area (Å²) in [5.74, 6) is 6.78. The number of phenolic OH excluding ortho intramolecular Hbond substituents is 1. The van der Waals surface area contributed by atoms with Gasteiger partial charge in [0, 0.05) is 73.7 Å². The Morgan fingerprint density at radius 1 is 1.24 bits per heavy atom. The molecule has 3 aromatic rings. The molecule has 0 saturated heterocycles. The Bertz CT molecular complexity index is 1410. The third kappa shape index (κ3) is 6.72. The standard InChI is InChI=1S/C29H34N4O5/c1-33(21-6-4-3-5-7-21)15-14-28(37)31-20-9-8-19(26(16-20)38-2)17-30-18-25(35)22-10-12-24(34)29-23(22)11-13-27(36)32-29/h8-13,16,21,25,30,34-35H,4,6-7,14-15,17-18H2,1-2H3,(H,31,37)(H,32,36)/t21?,25-/m0/s1. The van der Waals surface area contributed by atoms with E-state index in [0.717, 1.165) is 24.8 Å². The molecular formula is C29H34N4O5. The number of nitrogens with zero attached hydrogens (tertiary/aromatic N) is 1. The molecule has 1 unspecified atom stereocenters. The van der Waals surface area contributed by atoms with Gasteiger partial charge in [-0.3, -0.25) is 9.59 Å². The van der Waals surface area contributed by atoms with Gasteiger partial charge in [0.2, 0.25) is 11.5 Å². The number of aromatic amines is 1. The van der Waals surface area contributed by atoms with Crippen molar-refractivity contribution in [1.29, 1.82) is 0 Å². The van der Waals surface area contributed by atoms with Gasteiger partial charge in [0.25, 0.3) is 0 Å². The van der Waals surface area contributed by atoms with E-state index in [2.05, 4.69) is 32.4 Å². The largest absolute Gasteiger partial charge is 0.506 e. The van der Waals surface area contributed by atoms with Crippen LogP contribution in [0.5, 0.6) is 11.5 Å². The molecule has 1 amide bonds. The monoisotopic (exact) mass is 518 g/mol. The molecule has 38 heavy (non-hydrogen) atoms. The number of amides is 1. The van der Waals surface area contributed by atoms with Gasteiger partial charge in [0.05, 0.1) is 18.7 Å². The molecule has 9 nitrogen and oxygen atoms in total. The fraction of sp³-hybridized carbons (Fsp3) is 0.379. The molecule has 4 rings (SSSR count). The molecule has 2 aromatic carbocycles. The molecular weight excluding hydrogens is 484 g/mol. The van der Waals surface area contributed by atoms with Gasteiger partial charge in [0.15, 0.2) is 0 Å². The Morgan fingerprint density at radius 3 is 2.84 bits per heavy atom. The summed E-state index contributed by atoms with van der Waals surface area (Å²) in [6.45, 7) is 1.34. The second-order valence-corrected chi connectivity index (χ2v) is 9.49. The zero-order valence-corrected chi connectivity index (χ0v) is 21.7. The number of pyridine rings is 1. The van der Waals surface area contributed by atoms with E-state index in [9.17, 15) is 19.8 Å². The van der Waals surface area contributed by atoms with Crippen LogP contribution < -0.4 is 20.9 Å². The van der Waals surface area contributed by atoms with E-state index in [0.29, 0.717) is 53.5 Å². The van der Waals surface area contributed by atoms with Gasteiger partial charge in [0.1, 0.15) is 11.5 Å². The van der Waals surface area contributed by atoms with Crippen molar-refractivity contribution < 1.29 is 19.7 Å². The van der Waals surface area contributed by atoms with Crippen LogP contribution in [0, 0.1) is 11.8 Å². The number of nitrogens with one attached hydrogen (secondary N) is 3. The van der Waals surface area contributed by atoms with Gasteiger partial charge in [-0.1, -0.05) is 12.1 Å². The maximum atomic E-state index is 12.5. The molecule has 0 spiro atoms. The number of H-pyrrole nitrogens is 1. The summed E-state index contributed by atoms with van der Waals surface area (Å²) < 4.78 is 5.53. The highest BCUT2D eigenvalue weighted by atomic mass is 16.5. The minimum atomic E-state index is -0.868. The number of hydrogen-bond donors (Lipinski definition) is 5. The topological polar surface area (TPSA) is 127 Å². The second-order valence-electron chi connectivity index (χ2n) is 9.49. The summed E-state index contributed by atoms with van der Waals surface area (Å²) in [6, 6.07) is 11.9. The normalized spacial score (nSPS) is 15.6. The molecule has 200 valence electrons. The number of aromatic hydroxyl groups is 1. The van der Waals surface area contributed by atoms with Gasteiger partial charge in [-0.2, -0.15) is 0 Å². The second kappa shape index (κ2) is 12.6. The van der Waals surface area contributed by atoms with E-state index in [1.807, 2.05) is 19.2 Å². The number of fused-ring (bicyclic) bond motifs is 1. The van der Waals surface area contributed by atoms with Gasteiger partial charge in [-0.15, -0.1) is 11.8 Å². The third-order valence-electron chi connectivity index (χ3n) is 6.87. The molecule has 2 atom stereocenters. The molecule has 1 aliphatic carbocycles. The lowest BCUT2D eigenvalue weighted by atomic mass is 10.0. The highest BCUT2D eigenvalue weighted by molar-refractivity contribution is 5.91. The van der Waals surface area contributed by atoms with Crippen molar-refractivity contribution in [2.75, 3.05) is 32.6 Å². The first kappa shape index (κ1) is 27.2. The van der Waals surface area contributed by atoms with Gasteiger partial charge >= 0.3 is 0 Å². The number of rotatable bonds is 11. The first-order valence-electron chi connectivity index (χ1n) is 12.7. The lowest BCUT2D eigenvalue weighted by Crippen LogP contribution is -2.34. The van der Waals surface area contributed by atoms with E-state index in [-0.39, 0.29) is 23.8 Å². The van der Waals surface area contributed by atoms with Crippen LogP contribution in [-0.4, -0.2) is 59.3 Å². The van der Waals surface area contributed by atoms with Crippen molar-refractivity contribution in [2.45, 2.75) is 44.4 Å². The summed E-state index contributed by atoms with van der Waals surface area (Å²) in [5, 5.41) is 27.6. The Kier molecular flexibility index (Phi) is 9.02. The fourth-order valence-electron chi connectivity index (χ4n) is 4.65. The Hall–Kier alpha value is -3.84. The average Bonchev–Trinajstić information content (AvgIpc) is 2.93. The number of hydrogen-bond acceptors (Lipinski definition) is 7. The maximum Gasteiger partial charge on any atom is 0.248 e. The smallest absolute Gasteiger partial charge is 0.248 e. The van der Waals surface area contributed by atoms with Crippen LogP contribution in [-0.2, 0) is 11.3 Å². The van der Waals surface area contributed by atoms with Crippen LogP contribution >= 0.6 is 0 Å². The minimum absolute atomic E-state index is 0.0513. The van der Waals surface area contributed by atoms with E-state index < -0.39 is 6.10 Å². The molecule has 1 heterocycles.